The predicted octanol–water partition coefficient (Wildman–Crippen LogP) is 4.92. The van der Waals surface area contributed by atoms with Crippen LogP contribution in [-0.2, 0) is 22.5 Å². The molecule has 1 N–H and O–H groups in total. The van der Waals surface area contributed by atoms with E-state index in [9.17, 15) is 9.90 Å². The Balaban J connectivity index is 1.35. The Hall–Kier alpha value is -3.51. The molecule has 3 aromatic carbocycles. The van der Waals surface area contributed by atoms with Crippen LogP contribution in [0.25, 0.3) is 21.8 Å². The molecule has 0 saturated heterocycles. The molecule has 0 aliphatic carbocycles. The number of carboxylic acid groups (broad SMARTS) is 1. The van der Waals surface area contributed by atoms with Crippen LogP contribution in [0.2, 0.25) is 0 Å². The number of para-hydroxylation sites is 1. The van der Waals surface area contributed by atoms with Gasteiger partial charge in [-0.05, 0) is 42.3 Å². The fourth-order valence-corrected chi connectivity index (χ4v) is 3.84. The summed E-state index contributed by atoms with van der Waals surface area (Å²) in [7, 11) is 1.70. The molecule has 0 spiro atoms. The fraction of sp³-hybridized carbons (Fsp3) is 0.269. The number of carboxylic acids is 1. The van der Waals surface area contributed by atoms with E-state index in [2.05, 4.69) is 12.1 Å². The summed E-state index contributed by atoms with van der Waals surface area (Å²) in [6, 6.07) is 21.7. The van der Waals surface area contributed by atoms with E-state index < -0.39 is 5.97 Å². The van der Waals surface area contributed by atoms with Gasteiger partial charge >= 0.3 is 5.97 Å². The third-order valence-electron chi connectivity index (χ3n) is 5.38. The SMILES string of the molecule is COCCc1ccc(OCCCOc2ccc3c4ccccc4n(CC(=O)O)c3c2)cc1. The molecular weight excluding hydrogens is 406 g/mol. The van der Waals surface area contributed by atoms with Crippen molar-refractivity contribution in [3.05, 3.63) is 72.3 Å². The van der Waals surface area contributed by atoms with Crippen molar-refractivity contribution >= 4 is 27.8 Å². The van der Waals surface area contributed by atoms with E-state index in [1.165, 1.54) is 5.56 Å². The summed E-state index contributed by atoms with van der Waals surface area (Å²) in [5, 5.41) is 11.4. The smallest absolute Gasteiger partial charge is 0.323 e. The molecule has 1 aromatic heterocycles. The van der Waals surface area contributed by atoms with Crippen LogP contribution in [0.15, 0.2) is 66.7 Å². The number of rotatable bonds is 11. The maximum Gasteiger partial charge on any atom is 0.323 e. The van der Waals surface area contributed by atoms with Crippen LogP contribution in [0.1, 0.15) is 12.0 Å². The Morgan fingerprint density at radius 1 is 0.844 bits per heavy atom. The van der Waals surface area contributed by atoms with E-state index in [-0.39, 0.29) is 6.54 Å². The highest BCUT2D eigenvalue weighted by atomic mass is 16.5. The molecule has 0 amide bonds. The number of aromatic nitrogens is 1. The van der Waals surface area contributed by atoms with Gasteiger partial charge in [0.1, 0.15) is 18.0 Å². The molecule has 0 atom stereocenters. The fourth-order valence-electron chi connectivity index (χ4n) is 3.84. The molecule has 1 heterocycles. The molecule has 4 rings (SSSR count). The van der Waals surface area contributed by atoms with Gasteiger partial charge in [-0.15, -0.1) is 0 Å². The lowest BCUT2D eigenvalue weighted by molar-refractivity contribution is -0.137. The first-order chi connectivity index (χ1) is 15.7. The molecule has 6 heteroatoms. The van der Waals surface area contributed by atoms with Crippen LogP contribution in [0, 0.1) is 0 Å². The van der Waals surface area contributed by atoms with Crippen LogP contribution < -0.4 is 9.47 Å². The Morgan fingerprint density at radius 3 is 2.28 bits per heavy atom. The summed E-state index contributed by atoms with van der Waals surface area (Å²) in [6.45, 7) is 1.68. The molecule has 0 aliphatic rings. The number of fused-ring (bicyclic) bond motifs is 3. The minimum atomic E-state index is -0.872. The monoisotopic (exact) mass is 433 g/mol. The number of ether oxygens (including phenoxy) is 3. The minimum Gasteiger partial charge on any atom is -0.493 e. The van der Waals surface area contributed by atoms with Crippen LogP contribution in [-0.4, -0.2) is 42.6 Å². The second-order valence-electron chi connectivity index (χ2n) is 7.61. The van der Waals surface area contributed by atoms with Crippen LogP contribution >= 0.6 is 0 Å². The number of aliphatic carboxylic acids is 1. The number of methoxy groups -OCH3 is 1. The molecule has 0 unspecified atom stereocenters. The molecule has 0 radical (unpaired) electrons. The van der Waals surface area contributed by atoms with Gasteiger partial charge in [-0.25, -0.2) is 0 Å². The largest absolute Gasteiger partial charge is 0.493 e. The standard InChI is InChI=1S/C26H27NO5/c1-30-16-13-19-7-9-20(10-8-19)31-14-4-15-32-21-11-12-23-22-5-2-3-6-24(22)27(18-26(28)29)25(23)17-21/h2-3,5-12,17H,4,13-16,18H2,1H3,(H,28,29). The summed E-state index contributed by atoms with van der Waals surface area (Å²) >= 11 is 0. The summed E-state index contributed by atoms with van der Waals surface area (Å²) in [4.78, 5) is 11.4. The Kier molecular flexibility index (Phi) is 6.92. The number of benzene rings is 3. The molecule has 0 fully saturated rings. The molecule has 4 aromatic rings. The van der Waals surface area contributed by atoms with E-state index in [1.807, 2.05) is 59.2 Å². The maximum atomic E-state index is 11.4. The average molecular weight is 434 g/mol. The van der Waals surface area contributed by atoms with Crippen LogP contribution in [0.5, 0.6) is 11.5 Å². The topological polar surface area (TPSA) is 69.9 Å². The third-order valence-corrected chi connectivity index (χ3v) is 5.38. The molecule has 32 heavy (non-hydrogen) atoms. The molecule has 0 saturated carbocycles. The van der Waals surface area contributed by atoms with Gasteiger partial charge in [-0.1, -0.05) is 30.3 Å². The molecule has 6 nitrogen and oxygen atoms in total. The Bertz CT molecular complexity index is 1200. The van der Waals surface area contributed by atoms with Crippen LogP contribution in [0.4, 0.5) is 0 Å². The number of carbonyl (C=O) groups is 1. The van der Waals surface area contributed by atoms with Gasteiger partial charge in [0.05, 0.1) is 25.3 Å². The van der Waals surface area contributed by atoms with Crippen LogP contribution in [0.3, 0.4) is 0 Å². The van der Waals surface area contributed by atoms with E-state index >= 15 is 0 Å². The first kappa shape index (κ1) is 21.7. The lowest BCUT2D eigenvalue weighted by atomic mass is 10.1. The summed E-state index contributed by atoms with van der Waals surface area (Å²) < 4.78 is 18.6. The van der Waals surface area contributed by atoms with Gasteiger partial charge in [-0.3, -0.25) is 4.79 Å². The second-order valence-corrected chi connectivity index (χ2v) is 7.61. The maximum absolute atomic E-state index is 11.4. The Morgan fingerprint density at radius 2 is 1.53 bits per heavy atom. The summed E-state index contributed by atoms with van der Waals surface area (Å²) in [5.41, 5.74) is 2.98. The van der Waals surface area contributed by atoms with E-state index in [1.54, 1.807) is 7.11 Å². The predicted molar refractivity (Wildman–Crippen MR) is 125 cm³/mol. The van der Waals surface area contributed by atoms with Crippen molar-refractivity contribution in [2.45, 2.75) is 19.4 Å². The van der Waals surface area contributed by atoms with E-state index in [0.29, 0.717) is 19.8 Å². The quantitative estimate of drug-likeness (QED) is 0.340. The summed E-state index contributed by atoms with van der Waals surface area (Å²) in [6.07, 6.45) is 1.63. The van der Waals surface area contributed by atoms with Gasteiger partial charge in [0.15, 0.2) is 0 Å². The highest BCUT2D eigenvalue weighted by Crippen LogP contribution is 2.31. The molecule has 0 aliphatic heterocycles. The molecule has 166 valence electrons. The van der Waals surface area contributed by atoms with Gasteiger partial charge in [0, 0.05) is 35.9 Å². The van der Waals surface area contributed by atoms with Crippen molar-refractivity contribution in [2.24, 2.45) is 0 Å². The van der Waals surface area contributed by atoms with Gasteiger partial charge in [-0.2, -0.15) is 0 Å². The zero-order chi connectivity index (χ0) is 22.3. The molecule has 0 bridgehead atoms. The number of hydrogen-bond acceptors (Lipinski definition) is 4. The number of nitrogens with zero attached hydrogens (tertiary/aromatic N) is 1. The van der Waals surface area contributed by atoms with Gasteiger partial charge < -0.3 is 23.9 Å². The van der Waals surface area contributed by atoms with Crippen molar-refractivity contribution in [3.8, 4) is 11.5 Å². The first-order valence-corrected chi connectivity index (χ1v) is 10.7. The minimum absolute atomic E-state index is 0.0917. The zero-order valence-electron chi connectivity index (χ0n) is 18.1. The van der Waals surface area contributed by atoms with Crippen molar-refractivity contribution < 1.29 is 24.1 Å². The van der Waals surface area contributed by atoms with Crippen molar-refractivity contribution in [2.75, 3.05) is 26.9 Å². The highest BCUT2D eigenvalue weighted by Gasteiger charge is 2.13. The first-order valence-electron chi connectivity index (χ1n) is 10.7. The van der Waals surface area contributed by atoms with Crippen molar-refractivity contribution in [1.29, 1.82) is 0 Å². The third kappa shape index (κ3) is 5.03. The normalized spacial score (nSPS) is 11.2. The number of hydrogen-bond donors (Lipinski definition) is 1. The van der Waals surface area contributed by atoms with Crippen molar-refractivity contribution in [1.82, 2.24) is 4.57 Å². The highest BCUT2D eigenvalue weighted by molar-refractivity contribution is 6.08. The van der Waals surface area contributed by atoms with Gasteiger partial charge in [0.25, 0.3) is 0 Å². The second kappa shape index (κ2) is 10.2. The molecular formula is C26H27NO5. The Labute approximate surface area is 186 Å². The van der Waals surface area contributed by atoms with E-state index in [0.717, 1.165) is 46.1 Å². The lowest BCUT2D eigenvalue weighted by Gasteiger charge is -2.10. The zero-order valence-corrected chi connectivity index (χ0v) is 18.1. The van der Waals surface area contributed by atoms with Gasteiger partial charge in [0.2, 0.25) is 0 Å². The lowest BCUT2D eigenvalue weighted by Crippen LogP contribution is -2.08. The summed E-state index contributed by atoms with van der Waals surface area (Å²) in [5.74, 6) is 0.683. The van der Waals surface area contributed by atoms with Crippen molar-refractivity contribution in [3.63, 3.8) is 0 Å². The van der Waals surface area contributed by atoms with E-state index in [4.69, 9.17) is 14.2 Å². The average Bonchev–Trinajstić information content (AvgIpc) is 3.11.